The lowest BCUT2D eigenvalue weighted by Gasteiger charge is -2.29. The summed E-state index contributed by atoms with van der Waals surface area (Å²) in [5.41, 5.74) is 5.04. The molecular formula is C15H25NO2. The molecule has 1 rings (SSSR count). The third-order valence-electron chi connectivity index (χ3n) is 3.63. The van der Waals surface area contributed by atoms with Crippen molar-refractivity contribution in [1.82, 2.24) is 0 Å². The number of primary amides is 1. The molecule has 1 fully saturated rings. The molecule has 1 saturated carbocycles. The highest BCUT2D eigenvalue weighted by Crippen LogP contribution is 2.40. The van der Waals surface area contributed by atoms with Crippen molar-refractivity contribution >= 4 is 11.7 Å². The van der Waals surface area contributed by atoms with Crippen LogP contribution in [0.2, 0.25) is 0 Å². The summed E-state index contributed by atoms with van der Waals surface area (Å²) >= 11 is 0. The number of hydrogen-bond acceptors (Lipinski definition) is 2. The fourth-order valence-electron chi connectivity index (χ4n) is 2.38. The summed E-state index contributed by atoms with van der Waals surface area (Å²) in [6.45, 7) is 9.37. The lowest BCUT2D eigenvalue weighted by atomic mass is 9.73. The summed E-state index contributed by atoms with van der Waals surface area (Å²) in [7, 11) is 0. The normalized spacial score (nSPS) is 19.1. The zero-order valence-corrected chi connectivity index (χ0v) is 11.7. The van der Waals surface area contributed by atoms with Gasteiger partial charge in [0.2, 0.25) is 5.91 Å². The molecule has 0 unspecified atom stereocenters. The first-order chi connectivity index (χ1) is 8.27. The van der Waals surface area contributed by atoms with Crippen LogP contribution in [-0.4, -0.2) is 11.7 Å². The standard InChI is InChI=1S/C15H25NO2/c1-5-6-11(14(16)18)12(9-10-7-8-10)13(17)15(2,3)4/h5,10-12H,1,6-9H2,2-4H3,(H2,16,18)/t11-,12+/m0/s1. The van der Waals surface area contributed by atoms with Gasteiger partial charge in [-0.2, -0.15) is 0 Å². The van der Waals surface area contributed by atoms with E-state index in [0.717, 1.165) is 6.42 Å². The van der Waals surface area contributed by atoms with Crippen LogP contribution in [-0.2, 0) is 9.59 Å². The van der Waals surface area contributed by atoms with E-state index in [9.17, 15) is 9.59 Å². The molecule has 3 heteroatoms. The van der Waals surface area contributed by atoms with E-state index in [1.165, 1.54) is 12.8 Å². The van der Waals surface area contributed by atoms with Crippen LogP contribution in [0.25, 0.3) is 0 Å². The Hall–Kier alpha value is -1.12. The number of carbonyl (C=O) groups excluding carboxylic acids is 2. The Morgan fingerprint density at radius 2 is 1.89 bits per heavy atom. The van der Waals surface area contributed by atoms with Crippen LogP contribution in [0.3, 0.4) is 0 Å². The largest absolute Gasteiger partial charge is 0.369 e. The first-order valence-electron chi connectivity index (χ1n) is 6.72. The van der Waals surface area contributed by atoms with Crippen molar-refractivity contribution in [3.63, 3.8) is 0 Å². The van der Waals surface area contributed by atoms with Gasteiger partial charge in [-0.25, -0.2) is 0 Å². The van der Waals surface area contributed by atoms with Crippen LogP contribution in [0.4, 0.5) is 0 Å². The molecule has 18 heavy (non-hydrogen) atoms. The predicted molar refractivity (Wildman–Crippen MR) is 72.8 cm³/mol. The number of hydrogen-bond donors (Lipinski definition) is 1. The Morgan fingerprint density at radius 3 is 2.22 bits per heavy atom. The minimum Gasteiger partial charge on any atom is -0.369 e. The zero-order chi connectivity index (χ0) is 13.9. The van der Waals surface area contributed by atoms with Gasteiger partial charge >= 0.3 is 0 Å². The van der Waals surface area contributed by atoms with Crippen LogP contribution in [0.15, 0.2) is 12.7 Å². The van der Waals surface area contributed by atoms with Gasteiger partial charge in [0.15, 0.2) is 0 Å². The molecule has 0 aromatic rings. The summed E-state index contributed by atoms with van der Waals surface area (Å²) in [5, 5.41) is 0. The summed E-state index contributed by atoms with van der Waals surface area (Å²) in [6.07, 6.45) is 5.33. The van der Waals surface area contributed by atoms with Gasteiger partial charge in [0, 0.05) is 11.3 Å². The minimum atomic E-state index is -0.422. The van der Waals surface area contributed by atoms with Crippen molar-refractivity contribution < 1.29 is 9.59 Å². The lowest BCUT2D eigenvalue weighted by Crippen LogP contribution is -2.39. The van der Waals surface area contributed by atoms with Crippen molar-refractivity contribution in [2.45, 2.75) is 46.5 Å². The minimum absolute atomic E-state index is 0.153. The van der Waals surface area contributed by atoms with E-state index < -0.39 is 11.3 Å². The van der Waals surface area contributed by atoms with Crippen molar-refractivity contribution in [2.24, 2.45) is 28.9 Å². The van der Waals surface area contributed by atoms with Gasteiger partial charge in [-0.05, 0) is 18.8 Å². The number of rotatable bonds is 7. The topological polar surface area (TPSA) is 60.2 Å². The van der Waals surface area contributed by atoms with Crippen molar-refractivity contribution in [2.75, 3.05) is 0 Å². The smallest absolute Gasteiger partial charge is 0.221 e. The van der Waals surface area contributed by atoms with E-state index in [-0.39, 0.29) is 17.6 Å². The highest BCUT2D eigenvalue weighted by Gasteiger charge is 2.40. The Bertz CT molecular complexity index is 337. The van der Waals surface area contributed by atoms with Crippen LogP contribution >= 0.6 is 0 Å². The van der Waals surface area contributed by atoms with Gasteiger partial charge in [0.1, 0.15) is 5.78 Å². The van der Waals surface area contributed by atoms with Gasteiger partial charge in [0.25, 0.3) is 0 Å². The highest BCUT2D eigenvalue weighted by molar-refractivity contribution is 5.91. The molecule has 0 aromatic heterocycles. The van der Waals surface area contributed by atoms with Gasteiger partial charge in [-0.1, -0.05) is 39.7 Å². The summed E-state index contributed by atoms with van der Waals surface area (Å²) < 4.78 is 0. The molecule has 0 heterocycles. The maximum absolute atomic E-state index is 12.5. The van der Waals surface area contributed by atoms with E-state index in [2.05, 4.69) is 6.58 Å². The molecule has 1 aliphatic rings. The summed E-state index contributed by atoms with van der Waals surface area (Å²) in [5.74, 6) is -0.256. The first-order valence-corrected chi connectivity index (χ1v) is 6.72. The van der Waals surface area contributed by atoms with Crippen molar-refractivity contribution in [3.8, 4) is 0 Å². The molecule has 2 N–H and O–H groups in total. The average molecular weight is 251 g/mol. The van der Waals surface area contributed by atoms with Gasteiger partial charge in [-0.15, -0.1) is 6.58 Å². The monoisotopic (exact) mass is 251 g/mol. The van der Waals surface area contributed by atoms with E-state index in [4.69, 9.17) is 5.73 Å². The fraction of sp³-hybridized carbons (Fsp3) is 0.733. The molecule has 1 aliphatic carbocycles. The Kier molecular flexibility index (Phi) is 4.71. The molecule has 0 aliphatic heterocycles. The average Bonchev–Trinajstić information content (AvgIpc) is 3.04. The van der Waals surface area contributed by atoms with Crippen LogP contribution in [0.1, 0.15) is 46.5 Å². The second-order valence-electron chi connectivity index (χ2n) is 6.43. The third kappa shape index (κ3) is 3.97. The third-order valence-corrected chi connectivity index (χ3v) is 3.63. The van der Waals surface area contributed by atoms with Crippen molar-refractivity contribution in [1.29, 1.82) is 0 Å². The van der Waals surface area contributed by atoms with E-state index in [1.807, 2.05) is 20.8 Å². The lowest BCUT2D eigenvalue weighted by molar-refractivity contribution is -0.137. The van der Waals surface area contributed by atoms with E-state index >= 15 is 0 Å². The molecule has 3 nitrogen and oxygen atoms in total. The Labute approximate surface area is 110 Å². The fourth-order valence-corrected chi connectivity index (χ4v) is 2.38. The molecule has 0 spiro atoms. The summed E-state index contributed by atoms with van der Waals surface area (Å²) in [6, 6.07) is 0. The quantitative estimate of drug-likeness (QED) is 0.707. The van der Waals surface area contributed by atoms with Crippen LogP contribution < -0.4 is 5.73 Å². The van der Waals surface area contributed by atoms with Gasteiger partial charge in [-0.3, -0.25) is 9.59 Å². The second-order valence-corrected chi connectivity index (χ2v) is 6.43. The van der Waals surface area contributed by atoms with E-state index in [1.54, 1.807) is 6.08 Å². The Morgan fingerprint density at radius 1 is 1.33 bits per heavy atom. The van der Waals surface area contributed by atoms with E-state index in [0.29, 0.717) is 12.3 Å². The predicted octanol–water partition coefficient (Wildman–Crippen LogP) is 2.70. The second kappa shape index (κ2) is 5.68. The molecule has 2 atom stereocenters. The number of amides is 1. The highest BCUT2D eigenvalue weighted by atomic mass is 16.1. The SMILES string of the molecule is C=CC[C@H](C(N)=O)[C@@H](CC1CC1)C(=O)C(C)(C)C. The van der Waals surface area contributed by atoms with Crippen LogP contribution in [0.5, 0.6) is 0 Å². The van der Waals surface area contributed by atoms with Crippen LogP contribution in [0, 0.1) is 23.2 Å². The van der Waals surface area contributed by atoms with Crippen molar-refractivity contribution in [3.05, 3.63) is 12.7 Å². The first kappa shape index (κ1) is 14.9. The number of ketones is 1. The molecule has 0 saturated heterocycles. The molecular weight excluding hydrogens is 226 g/mol. The number of allylic oxidation sites excluding steroid dienone is 1. The Balaban J connectivity index is 2.89. The maximum atomic E-state index is 12.5. The summed E-state index contributed by atoms with van der Waals surface area (Å²) in [4.78, 5) is 24.1. The number of Topliss-reactive ketones (excluding diaryl/α,β-unsaturated/α-hetero) is 1. The molecule has 0 bridgehead atoms. The van der Waals surface area contributed by atoms with Gasteiger partial charge in [0.05, 0.1) is 5.92 Å². The van der Waals surface area contributed by atoms with Gasteiger partial charge < -0.3 is 5.73 Å². The number of carbonyl (C=O) groups is 2. The number of nitrogens with two attached hydrogens (primary N) is 1. The molecule has 1 amide bonds. The molecule has 102 valence electrons. The zero-order valence-electron chi connectivity index (χ0n) is 11.7. The molecule has 0 radical (unpaired) electrons. The molecule has 0 aromatic carbocycles. The maximum Gasteiger partial charge on any atom is 0.221 e.